The highest BCUT2D eigenvalue weighted by molar-refractivity contribution is 7.89. The van der Waals surface area contributed by atoms with Gasteiger partial charge in [0, 0.05) is 6.54 Å². The van der Waals surface area contributed by atoms with Gasteiger partial charge in [-0.05, 0) is 36.5 Å². The van der Waals surface area contributed by atoms with Gasteiger partial charge in [0.25, 0.3) is 5.91 Å². The van der Waals surface area contributed by atoms with E-state index in [4.69, 9.17) is 5.14 Å². The third kappa shape index (κ3) is 3.79. The SMILES string of the molecule is CC1(CNC(=O)c2ccc(S(N)(=O)=O)cc2F)CCCC1. The van der Waals surface area contributed by atoms with E-state index in [0.717, 1.165) is 43.9 Å². The molecule has 0 heterocycles. The molecule has 1 saturated carbocycles. The summed E-state index contributed by atoms with van der Waals surface area (Å²) in [5, 5.41) is 7.64. The van der Waals surface area contributed by atoms with E-state index in [2.05, 4.69) is 12.2 Å². The largest absolute Gasteiger partial charge is 0.351 e. The molecule has 1 amide bonds. The first-order chi connectivity index (χ1) is 9.71. The average molecular weight is 314 g/mol. The van der Waals surface area contributed by atoms with Crippen LogP contribution in [0.15, 0.2) is 23.1 Å². The zero-order valence-electron chi connectivity index (χ0n) is 11.9. The minimum Gasteiger partial charge on any atom is -0.351 e. The summed E-state index contributed by atoms with van der Waals surface area (Å²) < 4.78 is 36.1. The summed E-state index contributed by atoms with van der Waals surface area (Å²) in [6.07, 6.45) is 4.37. The Bertz CT molecular complexity index is 652. The molecule has 5 nitrogen and oxygen atoms in total. The lowest BCUT2D eigenvalue weighted by Crippen LogP contribution is -2.34. The molecule has 1 aromatic rings. The second kappa shape index (κ2) is 5.73. The smallest absolute Gasteiger partial charge is 0.254 e. The zero-order valence-corrected chi connectivity index (χ0v) is 12.7. The molecule has 3 N–H and O–H groups in total. The Labute approximate surface area is 123 Å². The van der Waals surface area contributed by atoms with Gasteiger partial charge < -0.3 is 5.32 Å². The van der Waals surface area contributed by atoms with Gasteiger partial charge in [0.05, 0.1) is 10.5 Å². The molecule has 0 bridgehead atoms. The number of carbonyl (C=O) groups is 1. The van der Waals surface area contributed by atoms with E-state index in [-0.39, 0.29) is 15.9 Å². The average Bonchev–Trinajstić information content (AvgIpc) is 2.82. The van der Waals surface area contributed by atoms with Crippen molar-refractivity contribution in [2.24, 2.45) is 10.6 Å². The second-order valence-corrected chi connectivity index (χ2v) is 7.45. The third-order valence-corrected chi connectivity index (χ3v) is 4.91. The van der Waals surface area contributed by atoms with Crippen molar-refractivity contribution >= 4 is 15.9 Å². The van der Waals surface area contributed by atoms with E-state index in [9.17, 15) is 17.6 Å². The van der Waals surface area contributed by atoms with Gasteiger partial charge in [0.15, 0.2) is 0 Å². The summed E-state index contributed by atoms with van der Waals surface area (Å²) in [7, 11) is -3.97. The lowest BCUT2D eigenvalue weighted by Gasteiger charge is -2.23. The van der Waals surface area contributed by atoms with Crippen LogP contribution in [0.25, 0.3) is 0 Å². The number of amides is 1. The number of carbonyl (C=O) groups excluding carboxylic acids is 1. The van der Waals surface area contributed by atoms with Gasteiger partial charge in [-0.25, -0.2) is 17.9 Å². The highest BCUT2D eigenvalue weighted by atomic mass is 32.2. The Kier molecular flexibility index (Phi) is 4.34. The first kappa shape index (κ1) is 15.9. The van der Waals surface area contributed by atoms with Crippen molar-refractivity contribution in [1.29, 1.82) is 0 Å². The predicted octanol–water partition coefficient (Wildman–Crippen LogP) is 1.78. The molecule has 0 atom stereocenters. The van der Waals surface area contributed by atoms with Gasteiger partial charge in [0.2, 0.25) is 10.0 Å². The number of hydrogen-bond acceptors (Lipinski definition) is 3. The molecular formula is C14H19FN2O3S. The molecule has 0 saturated heterocycles. The molecule has 1 fully saturated rings. The topological polar surface area (TPSA) is 89.3 Å². The maximum Gasteiger partial charge on any atom is 0.254 e. The first-order valence-corrected chi connectivity index (χ1v) is 8.36. The Morgan fingerprint density at radius 2 is 2.00 bits per heavy atom. The van der Waals surface area contributed by atoms with Gasteiger partial charge in [-0.2, -0.15) is 0 Å². The lowest BCUT2D eigenvalue weighted by atomic mass is 9.89. The van der Waals surface area contributed by atoms with E-state index in [1.54, 1.807) is 0 Å². The van der Waals surface area contributed by atoms with Gasteiger partial charge in [-0.3, -0.25) is 4.79 Å². The molecule has 0 unspecified atom stereocenters. The number of halogens is 1. The molecule has 1 aromatic carbocycles. The van der Waals surface area contributed by atoms with Crippen LogP contribution in [0.5, 0.6) is 0 Å². The van der Waals surface area contributed by atoms with Crippen molar-refractivity contribution in [3.05, 3.63) is 29.6 Å². The van der Waals surface area contributed by atoms with Crippen molar-refractivity contribution in [2.45, 2.75) is 37.5 Å². The number of nitrogens with two attached hydrogens (primary N) is 1. The fourth-order valence-corrected chi connectivity index (χ4v) is 3.18. The van der Waals surface area contributed by atoms with Crippen molar-refractivity contribution in [3.8, 4) is 0 Å². The zero-order chi connectivity index (χ0) is 15.7. The van der Waals surface area contributed by atoms with Gasteiger partial charge >= 0.3 is 0 Å². The minimum absolute atomic E-state index is 0.0622. The van der Waals surface area contributed by atoms with Crippen LogP contribution in [0.2, 0.25) is 0 Å². The first-order valence-electron chi connectivity index (χ1n) is 6.82. The lowest BCUT2D eigenvalue weighted by molar-refractivity contribution is 0.0930. The number of primary sulfonamides is 1. The molecule has 0 aromatic heterocycles. The van der Waals surface area contributed by atoms with Crippen molar-refractivity contribution in [1.82, 2.24) is 5.32 Å². The van der Waals surface area contributed by atoms with Crippen molar-refractivity contribution in [3.63, 3.8) is 0 Å². The van der Waals surface area contributed by atoms with E-state index in [1.165, 1.54) is 0 Å². The second-order valence-electron chi connectivity index (χ2n) is 5.89. The van der Waals surface area contributed by atoms with Gasteiger partial charge in [0.1, 0.15) is 5.82 Å². The number of hydrogen-bond donors (Lipinski definition) is 2. The van der Waals surface area contributed by atoms with Crippen LogP contribution in [0.3, 0.4) is 0 Å². The summed E-state index contributed by atoms with van der Waals surface area (Å²) in [5.41, 5.74) is -0.115. The number of nitrogens with one attached hydrogen (secondary N) is 1. The molecule has 0 radical (unpaired) electrons. The molecular weight excluding hydrogens is 295 g/mol. The van der Waals surface area contributed by atoms with E-state index < -0.39 is 21.7 Å². The number of sulfonamides is 1. The summed E-state index contributed by atoms with van der Waals surface area (Å²) >= 11 is 0. The van der Waals surface area contributed by atoms with Crippen LogP contribution in [-0.4, -0.2) is 20.9 Å². The van der Waals surface area contributed by atoms with Crippen LogP contribution in [0, 0.1) is 11.2 Å². The number of rotatable bonds is 4. The Morgan fingerprint density at radius 3 is 2.52 bits per heavy atom. The van der Waals surface area contributed by atoms with Crippen LogP contribution < -0.4 is 10.5 Å². The molecule has 2 rings (SSSR count). The van der Waals surface area contributed by atoms with E-state index >= 15 is 0 Å². The quantitative estimate of drug-likeness (QED) is 0.888. The fourth-order valence-electron chi connectivity index (χ4n) is 2.65. The Morgan fingerprint density at radius 1 is 1.38 bits per heavy atom. The maximum absolute atomic E-state index is 13.8. The molecule has 1 aliphatic carbocycles. The van der Waals surface area contributed by atoms with Crippen LogP contribution >= 0.6 is 0 Å². The Balaban J connectivity index is 2.09. The third-order valence-electron chi connectivity index (χ3n) is 4.00. The summed E-state index contributed by atoms with van der Waals surface area (Å²) in [6.45, 7) is 2.59. The van der Waals surface area contributed by atoms with Crippen LogP contribution in [0.4, 0.5) is 4.39 Å². The monoisotopic (exact) mass is 314 g/mol. The number of benzene rings is 1. The molecule has 116 valence electrons. The van der Waals surface area contributed by atoms with Gasteiger partial charge in [-0.15, -0.1) is 0 Å². The highest BCUT2D eigenvalue weighted by Gasteiger charge is 2.29. The molecule has 7 heteroatoms. The van der Waals surface area contributed by atoms with E-state index in [1.807, 2.05) is 0 Å². The maximum atomic E-state index is 13.8. The molecule has 0 aliphatic heterocycles. The molecule has 0 spiro atoms. The standard InChI is InChI=1S/C14H19FN2O3S/c1-14(6-2-3-7-14)9-17-13(18)11-5-4-10(8-12(11)15)21(16,19)20/h4-5,8H,2-3,6-7,9H2,1H3,(H,17,18)(H2,16,19,20). The fraction of sp³-hybridized carbons (Fsp3) is 0.500. The van der Waals surface area contributed by atoms with Crippen LogP contribution in [0.1, 0.15) is 43.0 Å². The summed E-state index contributed by atoms with van der Waals surface area (Å²) in [6, 6.07) is 3.04. The molecule has 21 heavy (non-hydrogen) atoms. The minimum atomic E-state index is -3.97. The normalized spacial score (nSPS) is 17.7. The van der Waals surface area contributed by atoms with Crippen molar-refractivity contribution < 1.29 is 17.6 Å². The summed E-state index contributed by atoms with van der Waals surface area (Å²) in [4.78, 5) is 11.6. The molecule has 1 aliphatic rings. The van der Waals surface area contributed by atoms with E-state index in [0.29, 0.717) is 6.54 Å². The summed E-state index contributed by atoms with van der Waals surface area (Å²) in [5.74, 6) is -1.43. The highest BCUT2D eigenvalue weighted by Crippen LogP contribution is 2.36. The van der Waals surface area contributed by atoms with Crippen LogP contribution in [-0.2, 0) is 10.0 Å². The van der Waals surface area contributed by atoms with Gasteiger partial charge in [-0.1, -0.05) is 19.8 Å². The Hall–Kier alpha value is -1.47. The predicted molar refractivity (Wildman–Crippen MR) is 76.7 cm³/mol. The van der Waals surface area contributed by atoms with Crippen molar-refractivity contribution in [2.75, 3.05) is 6.54 Å².